The number of anilines is 1. The number of nitrogens with one attached hydrogen (secondary N) is 1. The summed E-state index contributed by atoms with van der Waals surface area (Å²) in [7, 11) is 4.07. The third kappa shape index (κ3) is 3.75. The number of hydrogen-bond acceptors (Lipinski definition) is 3. The van der Waals surface area contributed by atoms with Crippen molar-refractivity contribution in [1.29, 1.82) is 0 Å². The average Bonchev–Trinajstić information content (AvgIpc) is 3.04. The molecule has 1 N–H and O–H groups in total. The molecule has 2 heterocycles. The highest BCUT2D eigenvalue weighted by atomic mass is 19.4. The summed E-state index contributed by atoms with van der Waals surface area (Å²) in [6.45, 7) is 0.166. The van der Waals surface area contributed by atoms with Crippen LogP contribution in [0, 0.1) is 5.82 Å². The third-order valence-corrected chi connectivity index (χ3v) is 6.68. The van der Waals surface area contributed by atoms with Gasteiger partial charge in [-0.1, -0.05) is 30.3 Å². The number of amides is 2. The molecule has 1 aliphatic carbocycles. The van der Waals surface area contributed by atoms with Crippen LogP contribution in [0.15, 0.2) is 42.6 Å². The van der Waals surface area contributed by atoms with E-state index in [0.717, 1.165) is 17.7 Å². The molecule has 5 nitrogen and oxygen atoms in total. The molecule has 4 rings (SSSR count). The quantitative estimate of drug-likeness (QED) is 0.719. The molecule has 1 aromatic carbocycles. The van der Waals surface area contributed by atoms with Gasteiger partial charge in [-0.3, -0.25) is 9.80 Å². The number of rotatable bonds is 3. The lowest BCUT2D eigenvalue weighted by Crippen LogP contribution is -2.54. The summed E-state index contributed by atoms with van der Waals surface area (Å²) in [6.07, 6.45) is -1.27. The zero-order valence-corrected chi connectivity index (χ0v) is 17.3. The summed E-state index contributed by atoms with van der Waals surface area (Å²) in [5.74, 6) is -1.54. The van der Waals surface area contributed by atoms with Gasteiger partial charge in [-0.25, -0.2) is 14.2 Å². The fourth-order valence-electron chi connectivity index (χ4n) is 4.83. The minimum absolute atomic E-state index is 0.166. The number of carbonyl (C=O) groups excluding carboxylic acids is 1. The normalized spacial score (nSPS) is 26.5. The standard InChI is InChI=1S/C22H24F4N4O/c1-29(2)21(15-6-4-3-5-7-15)10-8-20(9-11-21)14-30(19(31)28-20)18-17(23)12-16(13-27-18)22(24,25)26/h3-7,12-13H,8-11,14H2,1-2H3,(H,28,31)/t20-,21+. The first kappa shape index (κ1) is 21.5. The van der Waals surface area contributed by atoms with E-state index in [1.54, 1.807) is 0 Å². The largest absolute Gasteiger partial charge is 0.417 e. The number of nitrogens with zero attached hydrogens (tertiary/aromatic N) is 3. The Morgan fingerprint density at radius 1 is 1.10 bits per heavy atom. The van der Waals surface area contributed by atoms with E-state index < -0.39 is 29.1 Å². The van der Waals surface area contributed by atoms with Gasteiger partial charge >= 0.3 is 12.2 Å². The lowest BCUT2D eigenvalue weighted by molar-refractivity contribution is -0.138. The number of pyridine rings is 1. The molecule has 0 bridgehead atoms. The molecule has 9 heteroatoms. The van der Waals surface area contributed by atoms with Gasteiger partial charge in [0, 0.05) is 11.7 Å². The molecule has 2 aliphatic rings. The number of aromatic nitrogens is 1. The zero-order valence-electron chi connectivity index (χ0n) is 17.3. The summed E-state index contributed by atoms with van der Waals surface area (Å²) < 4.78 is 52.9. The number of carbonyl (C=O) groups is 1. The van der Waals surface area contributed by atoms with Crippen LogP contribution in [0.4, 0.5) is 28.2 Å². The number of hydrogen-bond donors (Lipinski definition) is 1. The molecule has 0 atom stereocenters. The van der Waals surface area contributed by atoms with Crippen LogP contribution in [0.5, 0.6) is 0 Å². The Morgan fingerprint density at radius 2 is 1.74 bits per heavy atom. The first-order chi connectivity index (χ1) is 14.6. The molecule has 31 heavy (non-hydrogen) atoms. The van der Waals surface area contributed by atoms with E-state index in [1.165, 1.54) is 5.56 Å². The minimum atomic E-state index is -4.70. The van der Waals surface area contributed by atoms with Crippen molar-refractivity contribution in [3.63, 3.8) is 0 Å². The van der Waals surface area contributed by atoms with Crippen LogP contribution >= 0.6 is 0 Å². The van der Waals surface area contributed by atoms with E-state index >= 15 is 0 Å². The van der Waals surface area contributed by atoms with Gasteiger partial charge in [-0.05, 0) is 51.4 Å². The Hall–Kier alpha value is -2.68. The molecular weight excluding hydrogens is 412 g/mol. The number of benzene rings is 1. The molecule has 1 aliphatic heterocycles. The molecule has 2 amide bonds. The second kappa shape index (κ2) is 7.47. The summed E-state index contributed by atoms with van der Waals surface area (Å²) >= 11 is 0. The molecule has 1 saturated carbocycles. The zero-order chi connectivity index (χ0) is 22.4. The molecular formula is C22H24F4N4O. The van der Waals surface area contributed by atoms with Crippen LogP contribution in [0.1, 0.15) is 36.8 Å². The van der Waals surface area contributed by atoms with Gasteiger partial charge < -0.3 is 5.32 Å². The molecule has 1 saturated heterocycles. The molecule has 2 aromatic rings. The first-order valence-electron chi connectivity index (χ1n) is 10.1. The highest BCUT2D eigenvalue weighted by Gasteiger charge is 2.51. The first-order valence-corrected chi connectivity index (χ1v) is 10.1. The van der Waals surface area contributed by atoms with Gasteiger partial charge in [0.1, 0.15) is 0 Å². The van der Waals surface area contributed by atoms with Gasteiger partial charge in [0.05, 0.1) is 17.6 Å². The van der Waals surface area contributed by atoms with Crippen LogP contribution in [-0.2, 0) is 11.7 Å². The van der Waals surface area contributed by atoms with Gasteiger partial charge in [0.15, 0.2) is 11.6 Å². The Labute approximate surface area is 178 Å². The van der Waals surface area contributed by atoms with Crippen LogP contribution < -0.4 is 10.2 Å². The highest BCUT2D eigenvalue weighted by molar-refractivity contribution is 5.94. The van der Waals surface area contributed by atoms with E-state index in [2.05, 4.69) is 27.3 Å². The second-order valence-corrected chi connectivity index (χ2v) is 8.62. The third-order valence-electron chi connectivity index (χ3n) is 6.68. The summed E-state index contributed by atoms with van der Waals surface area (Å²) in [5, 5.41) is 2.96. The Balaban J connectivity index is 1.55. The maximum atomic E-state index is 14.4. The van der Waals surface area contributed by atoms with Crippen molar-refractivity contribution >= 4 is 11.8 Å². The fraction of sp³-hybridized carbons (Fsp3) is 0.455. The Bertz CT molecular complexity index is 969. The van der Waals surface area contributed by atoms with Crippen LogP contribution in [0.3, 0.4) is 0 Å². The van der Waals surface area contributed by atoms with E-state index in [4.69, 9.17) is 0 Å². The topological polar surface area (TPSA) is 48.5 Å². The number of urea groups is 1. The predicted octanol–water partition coefficient (Wildman–Crippen LogP) is 4.54. The van der Waals surface area contributed by atoms with E-state index in [1.807, 2.05) is 32.3 Å². The summed E-state index contributed by atoms with van der Waals surface area (Å²) in [4.78, 5) is 19.6. The predicted molar refractivity (Wildman–Crippen MR) is 108 cm³/mol. The summed E-state index contributed by atoms with van der Waals surface area (Å²) in [6, 6.07) is 10.0. The van der Waals surface area contributed by atoms with Crippen molar-refractivity contribution in [2.24, 2.45) is 0 Å². The van der Waals surface area contributed by atoms with Crippen LogP contribution in [0.2, 0.25) is 0 Å². The average molecular weight is 436 g/mol. The highest BCUT2D eigenvalue weighted by Crippen LogP contribution is 2.46. The van der Waals surface area contributed by atoms with Gasteiger partial charge in [0.2, 0.25) is 0 Å². The molecule has 0 unspecified atom stereocenters. The summed E-state index contributed by atoms with van der Waals surface area (Å²) in [5.41, 5.74) is -0.726. The van der Waals surface area contributed by atoms with Crippen molar-refractivity contribution in [2.75, 3.05) is 25.5 Å². The Morgan fingerprint density at radius 3 is 2.29 bits per heavy atom. The molecule has 166 valence electrons. The second-order valence-electron chi connectivity index (χ2n) is 8.62. The monoisotopic (exact) mass is 436 g/mol. The van der Waals surface area contributed by atoms with Crippen LogP contribution in [0.25, 0.3) is 0 Å². The smallest absolute Gasteiger partial charge is 0.330 e. The van der Waals surface area contributed by atoms with Gasteiger partial charge in [-0.15, -0.1) is 0 Å². The fourth-order valence-corrected chi connectivity index (χ4v) is 4.83. The van der Waals surface area contributed by atoms with Crippen molar-refractivity contribution < 1.29 is 22.4 Å². The molecule has 0 radical (unpaired) electrons. The maximum absolute atomic E-state index is 14.4. The van der Waals surface area contributed by atoms with Gasteiger partial charge in [0.25, 0.3) is 0 Å². The van der Waals surface area contributed by atoms with Crippen molar-refractivity contribution in [2.45, 2.75) is 42.9 Å². The van der Waals surface area contributed by atoms with Gasteiger partial charge in [-0.2, -0.15) is 13.2 Å². The van der Waals surface area contributed by atoms with E-state index in [9.17, 15) is 22.4 Å². The van der Waals surface area contributed by atoms with Crippen LogP contribution in [-0.4, -0.2) is 42.1 Å². The van der Waals surface area contributed by atoms with Crippen molar-refractivity contribution in [3.8, 4) is 0 Å². The maximum Gasteiger partial charge on any atom is 0.417 e. The molecule has 1 spiro atoms. The number of alkyl halides is 3. The number of halogens is 4. The molecule has 2 fully saturated rings. The Kier molecular flexibility index (Phi) is 5.20. The SMILES string of the molecule is CN(C)[C@]1(c2ccccc2)CC[C@]2(CC1)CN(c1ncc(C(F)(F)F)cc1F)C(=O)N2. The minimum Gasteiger partial charge on any atom is -0.330 e. The lowest BCUT2D eigenvalue weighted by atomic mass is 9.69. The van der Waals surface area contributed by atoms with Crippen molar-refractivity contribution in [1.82, 2.24) is 15.2 Å². The lowest BCUT2D eigenvalue weighted by Gasteiger charge is -2.48. The van der Waals surface area contributed by atoms with E-state index in [0.29, 0.717) is 25.1 Å². The van der Waals surface area contributed by atoms with Crippen molar-refractivity contribution in [3.05, 3.63) is 59.5 Å². The molecule has 1 aromatic heterocycles. The van der Waals surface area contributed by atoms with E-state index in [-0.39, 0.29) is 17.9 Å².